The molecular formula is C12H14O4. The molecule has 0 radical (unpaired) electrons. The summed E-state index contributed by atoms with van der Waals surface area (Å²) in [6.45, 7) is 2.02. The van der Waals surface area contributed by atoms with Gasteiger partial charge in [0.15, 0.2) is 0 Å². The van der Waals surface area contributed by atoms with Crippen LogP contribution in [0.25, 0.3) is 0 Å². The Hall–Kier alpha value is -1.84. The third kappa shape index (κ3) is 2.82. The van der Waals surface area contributed by atoms with Gasteiger partial charge in [-0.05, 0) is 30.5 Å². The lowest BCUT2D eigenvalue weighted by Gasteiger charge is -2.06. The molecule has 4 nitrogen and oxygen atoms in total. The van der Waals surface area contributed by atoms with Gasteiger partial charge in [0.2, 0.25) is 0 Å². The number of hydrogen-bond donors (Lipinski definition) is 2. The van der Waals surface area contributed by atoms with Crippen molar-refractivity contribution in [2.75, 3.05) is 0 Å². The van der Waals surface area contributed by atoms with Gasteiger partial charge in [0.1, 0.15) is 0 Å². The van der Waals surface area contributed by atoms with Crippen molar-refractivity contribution in [2.24, 2.45) is 0 Å². The standard InChI is InChI=1S/C12H14O4/c1-2-3-4-8-5-6-9(11(13)14)7-10(8)12(15)16/h5-7H,2-4H2,1H3,(H,13,14)(H,15,16). The molecule has 0 atom stereocenters. The maximum Gasteiger partial charge on any atom is 0.335 e. The van der Waals surface area contributed by atoms with Crippen LogP contribution in [0, 0.1) is 0 Å². The van der Waals surface area contributed by atoms with Crippen molar-refractivity contribution in [3.8, 4) is 0 Å². The second-order valence-electron chi connectivity index (χ2n) is 3.59. The topological polar surface area (TPSA) is 74.6 Å². The minimum atomic E-state index is -1.11. The van der Waals surface area contributed by atoms with Crippen LogP contribution in [0.5, 0.6) is 0 Å². The molecule has 0 unspecified atom stereocenters. The van der Waals surface area contributed by atoms with Crippen molar-refractivity contribution < 1.29 is 19.8 Å². The SMILES string of the molecule is CCCCc1ccc(C(=O)O)cc1C(=O)O. The Morgan fingerprint density at radius 1 is 1.19 bits per heavy atom. The molecular weight excluding hydrogens is 208 g/mol. The Balaban J connectivity index is 3.09. The second-order valence-corrected chi connectivity index (χ2v) is 3.59. The van der Waals surface area contributed by atoms with E-state index in [1.54, 1.807) is 6.07 Å². The van der Waals surface area contributed by atoms with E-state index >= 15 is 0 Å². The molecule has 0 aliphatic rings. The molecule has 0 saturated heterocycles. The first-order valence-corrected chi connectivity index (χ1v) is 5.15. The largest absolute Gasteiger partial charge is 0.478 e. The van der Waals surface area contributed by atoms with Gasteiger partial charge in [-0.25, -0.2) is 9.59 Å². The van der Waals surface area contributed by atoms with Gasteiger partial charge in [-0.2, -0.15) is 0 Å². The van der Waals surface area contributed by atoms with E-state index in [4.69, 9.17) is 10.2 Å². The first kappa shape index (κ1) is 12.2. The molecule has 0 fully saturated rings. The summed E-state index contributed by atoms with van der Waals surface area (Å²) in [5.74, 6) is -2.18. The molecule has 0 aliphatic heterocycles. The molecule has 0 bridgehead atoms. The molecule has 16 heavy (non-hydrogen) atoms. The molecule has 0 amide bonds. The fraction of sp³-hybridized carbons (Fsp3) is 0.333. The van der Waals surface area contributed by atoms with E-state index in [0.717, 1.165) is 12.8 Å². The van der Waals surface area contributed by atoms with Gasteiger partial charge in [0.05, 0.1) is 11.1 Å². The molecule has 86 valence electrons. The molecule has 0 saturated carbocycles. The lowest BCUT2D eigenvalue weighted by Crippen LogP contribution is -2.06. The van der Waals surface area contributed by atoms with Crippen molar-refractivity contribution in [1.29, 1.82) is 0 Å². The smallest absolute Gasteiger partial charge is 0.335 e. The molecule has 1 aromatic carbocycles. The van der Waals surface area contributed by atoms with Gasteiger partial charge in [-0.1, -0.05) is 19.4 Å². The monoisotopic (exact) mass is 222 g/mol. The number of rotatable bonds is 5. The summed E-state index contributed by atoms with van der Waals surface area (Å²) in [5, 5.41) is 17.7. The zero-order valence-electron chi connectivity index (χ0n) is 9.06. The summed E-state index contributed by atoms with van der Waals surface area (Å²) < 4.78 is 0. The number of benzene rings is 1. The molecule has 0 aliphatic carbocycles. The molecule has 0 spiro atoms. The third-order valence-corrected chi connectivity index (χ3v) is 2.39. The zero-order valence-corrected chi connectivity index (χ0v) is 9.06. The average molecular weight is 222 g/mol. The number of carboxylic acid groups (broad SMARTS) is 2. The highest BCUT2D eigenvalue weighted by molar-refractivity contribution is 5.94. The minimum absolute atomic E-state index is 0.0117. The van der Waals surface area contributed by atoms with Gasteiger partial charge in [0, 0.05) is 0 Å². The number of unbranched alkanes of at least 4 members (excludes halogenated alkanes) is 1. The van der Waals surface area contributed by atoms with E-state index < -0.39 is 11.9 Å². The van der Waals surface area contributed by atoms with Crippen LogP contribution in [0.15, 0.2) is 18.2 Å². The summed E-state index contributed by atoms with van der Waals surface area (Å²) in [5.41, 5.74) is 0.797. The maximum absolute atomic E-state index is 11.0. The lowest BCUT2D eigenvalue weighted by molar-refractivity contribution is 0.0695. The molecule has 1 rings (SSSR count). The Bertz CT molecular complexity index is 409. The Morgan fingerprint density at radius 2 is 1.88 bits per heavy atom. The summed E-state index contributed by atoms with van der Waals surface area (Å²) in [6, 6.07) is 4.25. The summed E-state index contributed by atoms with van der Waals surface area (Å²) >= 11 is 0. The fourth-order valence-electron chi connectivity index (χ4n) is 1.49. The number of carbonyl (C=O) groups is 2. The van der Waals surface area contributed by atoms with Crippen molar-refractivity contribution in [3.05, 3.63) is 34.9 Å². The summed E-state index contributed by atoms with van der Waals surface area (Å²) in [6.07, 6.45) is 2.53. The van der Waals surface area contributed by atoms with Crippen LogP contribution < -0.4 is 0 Å². The Kier molecular flexibility index (Phi) is 4.05. The van der Waals surface area contributed by atoms with Crippen molar-refractivity contribution in [2.45, 2.75) is 26.2 Å². The highest BCUT2D eigenvalue weighted by Gasteiger charge is 2.13. The van der Waals surface area contributed by atoms with E-state index in [1.807, 2.05) is 6.92 Å². The van der Waals surface area contributed by atoms with Crippen LogP contribution in [0.1, 0.15) is 46.0 Å². The van der Waals surface area contributed by atoms with Crippen molar-refractivity contribution in [3.63, 3.8) is 0 Å². The lowest BCUT2D eigenvalue weighted by atomic mass is 9.99. The van der Waals surface area contributed by atoms with Gasteiger partial charge in [-0.3, -0.25) is 0 Å². The van der Waals surface area contributed by atoms with Crippen LogP contribution in [0.3, 0.4) is 0 Å². The number of carboxylic acids is 2. The van der Waals surface area contributed by atoms with Crippen LogP contribution in [-0.2, 0) is 6.42 Å². The van der Waals surface area contributed by atoms with Gasteiger partial charge < -0.3 is 10.2 Å². The van der Waals surface area contributed by atoms with Crippen LogP contribution in [0.4, 0.5) is 0 Å². The predicted octanol–water partition coefficient (Wildman–Crippen LogP) is 2.43. The Labute approximate surface area is 93.5 Å². The summed E-state index contributed by atoms with van der Waals surface area (Å²) in [4.78, 5) is 21.7. The van der Waals surface area contributed by atoms with Gasteiger partial charge in [-0.15, -0.1) is 0 Å². The van der Waals surface area contributed by atoms with Crippen LogP contribution >= 0.6 is 0 Å². The quantitative estimate of drug-likeness (QED) is 0.802. The number of aromatic carboxylic acids is 2. The molecule has 2 N–H and O–H groups in total. The minimum Gasteiger partial charge on any atom is -0.478 e. The fourth-order valence-corrected chi connectivity index (χ4v) is 1.49. The molecule has 1 aromatic rings. The normalized spacial score (nSPS) is 10.1. The van der Waals surface area contributed by atoms with Crippen LogP contribution in [-0.4, -0.2) is 22.2 Å². The molecule has 4 heteroatoms. The highest BCUT2D eigenvalue weighted by Crippen LogP contribution is 2.15. The van der Waals surface area contributed by atoms with E-state index in [2.05, 4.69) is 0 Å². The van der Waals surface area contributed by atoms with Crippen molar-refractivity contribution in [1.82, 2.24) is 0 Å². The molecule has 0 heterocycles. The van der Waals surface area contributed by atoms with Gasteiger partial charge >= 0.3 is 11.9 Å². The van der Waals surface area contributed by atoms with E-state index in [-0.39, 0.29) is 11.1 Å². The van der Waals surface area contributed by atoms with Crippen molar-refractivity contribution >= 4 is 11.9 Å². The van der Waals surface area contributed by atoms with Gasteiger partial charge in [0.25, 0.3) is 0 Å². The average Bonchev–Trinajstić information content (AvgIpc) is 2.25. The second kappa shape index (κ2) is 5.30. The highest BCUT2D eigenvalue weighted by atomic mass is 16.4. The van der Waals surface area contributed by atoms with E-state index in [9.17, 15) is 9.59 Å². The van der Waals surface area contributed by atoms with E-state index in [0.29, 0.717) is 12.0 Å². The first-order valence-electron chi connectivity index (χ1n) is 5.15. The predicted molar refractivity (Wildman–Crippen MR) is 59.0 cm³/mol. The summed E-state index contributed by atoms with van der Waals surface area (Å²) in [7, 11) is 0. The molecule has 0 aromatic heterocycles. The maximum atomic E-state index is 11.0. The third-order valence-electron chi connectivity index (χ3n) is 2.39. The first-order chi connectivity index (χ1) is 7.56. The number of aryl methyl sites for hydroxylation is 1. The van der Waals surface area contributed by atoms with E-state index in [1.165, 1.54) is 12.1 Å². The Morgan fingerprint density at radius 3 is 2.38 bits per heavy atom. The zero-order chi connectivity index (χ0) is 12.1. The van der Waals surface area contributed by atoms with Crippen LogP contribution in [0.2, 0.25) is 0 Å². The number of hydrogen-bond acceptors (Lipinski definition) is 2.